The first-order chi connectivity index (χ1) is 8.21. The van der Waals surface area contributed by atoms with Crippen LogP contribution in [0.5, 0.6) is 0 Å². The minimum Gasteiger partial charge on any atom is -0.431 e. The maximum absolute atomic E-state index is 11.1. The Labute approximate surface area is 98.9 Å². The van der Waals surface area contributed by atoms with Gasteiger partial charge in [-0.15, -0.1) is 0 Å². The van der Waals surface area contributed by atoms with Crippen LogP contribution in [0.1, 0.15) is 0 Å². The third-order valence-electron chi connectivity index (χ3n) is 2.97. The van der Waals surface area contributed by atoms with Crippen LogP contribution in [0, 0.1) is 0 Å². The Hall–Kier alpha value is -0.890. The third kappa shape index (κ3) is 2.23. The first-order valence-corrected chi connectivity index (χ1v) is 5.28. The Morgan fingerprint density at radius 2 is 1.82 bits per heavy atom. The summed E-state index contributed by atoms with van der Waals surface area (Å²) in [6.45, 7) is 0.125. The summed E-state index contributed by atoms with van der Waals surface area (Å²) >= 11 is 0. The highest BCUT2D eigenvalue weighted by molar-refractivity contribution is 5.61. The first kappa shape index (κ1) is 12.6. The lowest BCUT2D eigenvalue weighted by Crippen LogP contribution is -2.63. The van der Waals surface area contributed by atoms with Gasteiger partial charge in [0.25, 0.3) is 0 Å². The van der Waals surface area contributed by atoms with E-state index in [0.717, 1.165) is 0 Å². The number of cyclic esters (lactones) is 1. The average Bonchev–Trinajstić information content (AvgIpc) is 2.36. The smallest absolute Gasteiger partial charge is 0.431 e. The Morgan fingerprint density at radius 1 is 1.12 bits per heavy atom. The zero-order valence-electron chi connectivity index (χ0n) is 9.95. The number of methoxy groups -OCH3 is 3. The molecular formula is C10H16O7. The number of carbonyl (C=O) groups is 1. The molecular weight excluding hydrogens is 232 g/mol. The normalized spacial score (nSPS) is 41.4. The van der Waals surface area contributed by atoms with Crippen LogP contribution in [0.25, 0.3) is 0 Å². The molecule has 0 saturated carbocycles. The highest BCUT2D eigenvalue weighted by Crippen LogP contribution is 2.30. The number of carbonyl (C=O) groups excluding carboxylic acids is 1. The summed E-state index contributed by atoms with van der Waals surface area (Å²) in [7, 11) is 4.56. The van der Waals surface area contributed by atoms with Gasteiger partial charge in [0.15, 0.2) is 12.4 Å². The number of ether oxygens (including phenoxy) is 6. The van der Waals surface area contributed by atoms with E-state index < -0.39 is 36.9 Å². The van der Waals surface area contributed by atoms with Gasteiger partial charge in [-0.05, 0) is 0 Å². The van der Waals surface area contributed by atoms with Crippen LogP contribution < -0.4 is 0 Å². The number of hydrogen-bond acceptors (Lipinski definition) is 7. The Morgan fingerprint density at radius 3 is 2.41 bits per heavy atom. The van der Waals surface area contributed by atoms with Crippen molar-refractivity contribution < 1.29 is 33.2 Å². The lowest BCUT2D eigenvalue weighted by molar-refractivity contribution is -0.314. The van der Waals surface area contributed by atoms with Gasteiger partial charge in [0.1, 0.15) is 24.9 Å². The molecule has 0 aliphatic carbocycles. The third-order valence-corrected chi connectivity index (χ3v) is 2.97. The van der Waals surface area contributed by atoms with E-state index in [1.807, 2.05) is 0 Å². The van der Waals surface area contributed by atoms with Crippen molar-refractivity contribution in [3.8, 4) is 0 Å². The second-order valence-electron chi connectivity index (χ2n) is 3.82. The van der Waals surface area contributed by atoms with Gasteiger partial charge >= 0.3 is 6.16 Å². The van der Waals surface area contributed by atoms with Crippen LogP contribution in [0.4, 0.5) is 4.79 Å². The van der Waals surface area contributed by atoms with Crippen molar-refractivity contribution in [2.45, 2.75) is 30.7 Å². The second-order valence-corrected chi connectivity index (χ2v) is 3.82. The van der Waals surface area contributed by atoms with Crippen molar-refractivity contribution in [3.63, 3.8) is 0 Å². The lowest BCUT2D eigenvalue weighted by atomic mass is 9.98. The van der Waals surface area contributed by atoms with E-state index in [0.29, 0.717) is 0 Å². The van der Waals surface area contributed by atoms with E-state index in [2.05, 4.69) is 0 Å². The largest absolute Gasteiger partial charge is 0.508 e. The molecule has 0 aromatic heterocycles. The summed E-state index contributed by atoms with van der Waals surface area (Å²) in [6.07, 6.45) is -3.16. The van der Waals surface area contributed by atoms with Gasteiger partial charge in [0.05, 0.1) is 0 Å². The van der Waals surface area contributed by atoms with Gasteiger partial charge in [-0.25, -0.2) is 4.79 Å². The van der Waals surface area contributed by atoms with Crippen molar-refractivity contribution in [3.05, 3.63) is 0 Å². The molecule has 0 aromatic rings. The molecule has 0 N–H and O–H groups in total. The van der Waals surface area contributed by atoms with Gasteiger partial charge in [0.2, 0.25) is 0 Å². The molecule has 0 radical (unpaired) electrons. The van der Waals surface area contributed by atoms with E-state index in [1.54, 1.807) is 0 Å². The fourth-order valence-corrected chi connectivity index (χ4v) is 2.16. The quantitative estimate of drug-likeness (QED) is 0.647. The fraction of sp³-hybridized carbons (Fsp3) is 0.900. The van der Waals surface area contributed by atoms with Crippen LogP contribution in [-0.4, -0.2) is 64.8 Å². The first-order valence-electron chi connectivity index (χ1n) is 5.28. The summed E-state index contributed by atoms with van der Waals surface area (Å²) in [6, 6.07) is 0. The molecule has 5 atom stereocenters. The molecule has 2 aliphatic rings. The minimum atomic E-state index is -0.720. The van der Waals surface area contributed by atoms with Crippen molar-refractivity contribution in [2.24, 2.45) is 0 Å². The predicted octanol–water partition coefficient (Wildman–Crippen LogP) is -0.0769. The second kappa shape index (κ2) is 5.18. The zero-order chi connectivity index (χ0) is 12.4. The molecule has 7 nitrogen and oxygen atoms in total. The number of fused-ring (bicyclic) bond motifs is 1. The molecule has 2 fully saturated rings. The van der Waals surface area contributed by atoms with E-state index in [4.69, 9.17) is 28.4 Å². The highest BCUT2D eigenvalue weighted by atomic mass is 16.8. The molecule has 0 aromatic carbocycles. The molecule has 2 saturated heterocycles. The van der Waals surface area contributed by atoms with E-state index in [1.165, 1.54) is 21.3 Å². The molecule has 0 spiro atoms. The van der Waals surface area contributed by atoms with Gasteiger partial charge in [-0.3, -0.25) is 0 Å². The Kier molecular flexibility index (Phi) is 3.82. The number of rotatable bonds is 3. The topological polar surface area (TPSA) is 72.5 Å². The standard InChI is InChI=1S/C10H16O7/c1-12-7-6-5(4-15-10(11)17-6)16-9(14-3)8(7)13-2/h5-9H,4H2,1-3H3/t5-,6-,7+,8-,9+/m1/s1. The van der Waals surface area contributed by atoms with Crippen LogP contribution in [-0.2, 0) is 28.4 Å². The maximum atomic E-state index is 11.1. The van der Waals surface area contributed by atoms with Crippen molar-refractivity contribution in [2.75, 3.05) is 27.9 Å². The van der Waals surface area contributed by atoms with Crippen LogP contribution >= 0.6 is 0 Å². The van der Waals surface area contributed by atoms with Gasteiger partial charge in [0, 0.05) is 21.3 Å². The van der Waals surface area contributed by atoms with Gasteiger partial charge in [-0.1, -0.05) is 0 Å². The molecule has 2 rings (SSSR count). The molecule has 2 heterocycles. The van der Waals surface area contributed by atoms with E-state index in [-0.39, 0.29) is 6.61 Å². The summed E-state index contributed by atoms with van der Waals surface area (Å²) in [4.78, 5) is 11.1. The van der Waals surface area contributed by atoms with Gasteiger partial charge < -0.3 is 28.4 Å². The number of hydrogen-bond donors (Lipinski definition) is 0. The molecule has 0 amide bonds. The molecule has 7 heteroatoms. The molecule has 0 unspecified atom stereocenters. The Balaban J connectivity index is 2.17. The molecule has 17 heavy (non-hydrogen) atoms. The predicted molar refractivity (Wildman–Crippen MR) is 53.5 cm³/mol. The monoisotopic (exact) mass is 248 g/mol. The lowest BCUT2D eigenvalue weighted by Gasteiger charge is -2.45. The SMILES string of the molecule is CO[C@H]1O[C@@H]2COC(=O)O[C@H]2[C@H](OC)[C@H]1OC. The molecule has 0 bridgehead atoms. The summed E-state index contributed by atoms with van der Waals surface area (Å²) in [5, 5.41) is 0. The summed E-state index contributed by atoms with van der Waals surface area (Å²) in [5.74, 6) is 0. The van der Waals surface area contributed by atoms with Crippen molar-refractivity contribution in [1.82, 2.24) is 0 Å². The van der Waals surface area contributed by atoms with E-state index in [9.17, 15) is 4.79 Å². The molecule has 98 valence electrons. The zero-order valence-corrected chi connectivity index (χ0v) is 9.95. The van der Waals surface area contributed by atoms with Crippen molar-refractivity contribution >= 4 is 6.16 Å². The maximum Gasteiger partial charge on any atom is 0.508 e. The van der Waals surface area contributed by atoms with Crippen LogP contribution in [0.3, 0.4) is 0 Å². The van der Waals surface area contributed by atoms with Gasteiger partial charge in [-0.2, -0.15) is 0 Å². The van der Waals surface area contributed by atoms with Crippen molar-refractivity contribution in [1.29, 1.82) is 0 Å². The van der Waals surface area contributed by atoms with Crippen LogP contribution in [0.15, 0.2) is 0 Å². The summed E-state index contributed by atoms with van der Waals surface area (Å²) < 4.78 is 31.2. The highest BCUT2D eigenvalue weighted by Gasteiger charge is 2.51. The van der Waals surface area contributed by atoms with Crippen LogP contribution in [0.2, 0.25) is 0 Å². The van der Waals surface area contributed by atoms with E-state index >= 15 is 0 Å². The fourth-order valence-electron chi connectivity index (χ4n) is 2.16. The molecule has 2 aliphatic heterocycles. The minimum absolute atomic E-state index is 0.125. The average molecular weight is 248 g/mol. The Bertz CT molecular complexity index is 282. The summed E-state index contributed by atoms with van der Waals surface area (Å²) in [5.41, 5.74) is 0.